The van der Waals surface area contributed by atoms with Crippen LogP contribution in [0, 0.1) is 0 Å². The Bertz CT molecular complexity index is 96.0. The molecule has 1 nitrogen and oxygen atoms in total. The highest BCUT2D eigenvalue weighted by Crippen LogP contribution is 2.24. The van der Waals surface area contributed by atoms with Crippen LogP contribution in [-0.4, -0.2) is 13.7 Å². The third-order valence-electron chi connectivity index (χ3n) is 2.87. The van der Waals surface area contributed by atoms with E-state index in [0.717, 1.165) is 12.3 Å². The first kappa shape index (κ1) is 10.1. The largest absolute Gasteiger partial charge is 0.338 e. The minimum absolute atomic E-state index is 0.769. The highest BCUT2D eigenvalue weighted by Gasteiger charge is 2.09. The van der Waals surface area contributed by atoms with Crippen molar-refractivity contribution in [2.24, 2.45) is 5.73 Å². The van der Waals surface area contributed by atoms with E-state index >= 15 is 0 Å². The summed E-state index contributed by atoms with van der Waals surface area (Å²) in [7, 11) is 2.31. The van der Waals surface area contributed by atoms with Crippen molar-refractivity contribution in [2.45, 2.75) is 57.2 Å². The van der Waals surface area contributed by atoms with Gasteiger partial charge in [0.25, 0.3) is 0 Å². The Morgan fingerprint density at radius 1 is 0.917 bits per heavy atom. The Balaban J connectivity index is 2.19. The molecule has 0 bridgehead atoms. The highest BCUT2D eigenvalue weighted by molar-refractivity contribution is 6.37. The molecule has 1 fully saturated rings. The molecule has 0 spiro atoms. The molecule has 1 radical (unpaired) electrons. The molecule has 2 N–H and O–H groups in total. The maximum Gasteiger partial charge on any atom is 0.132 e. The number of rotatable bonds is 2. The van der Waals surface area contributed by atoms with E-state index in [-0.39, 0.29) is 0 Å². The lowest BCUT2D eigenvalue weighted by molar-refractivity contribution is 0.617. The molecule has 1 rings (SSSR count). The number of hydrogen-bond donors (Lipinski definition) is 1. The summed E-state index contributed by atoms with van der Waals surface area (Å²) in [6, 6.07) is 0. The normalized spacial score (nSPS) is 22.4. The molecule has 0 atom stereocenters. The van der Waals surface area contributed by atoms with Crippen LogP contribution in [0.25, 0.3) is 0 Å². The Morgan fingerprint density at radius 2 is 1.42 bits per heavy atom. The van der Waals surface area contributed by atoms with Crippen molar-refractivity contribution in [1.29, 1.82) is 0 Å². The van der Waals surface area contributed by atoms with Crippen LogP contribution >= 0.6 is 0 Å². The monoisotopic (exact) mass is 166 g/mol. The molecule has 1 aliphatic carbocycles. The fraction of sp³-hybridized carbons (Fsp3) is 1.00. The second-order valence-electron chi connectivity index (χ2n) is 3.93. The first-order chi connectivity index (χ1) is 5.93. The van der Waals surface area contributed by atoms with Gasteiger partial charge in [0.15, 0.2) is 0 Å². The van der Waals surface area contributed by atoms with Crippen molar-refractivity contribution < 1.29 is 0 Å². The van der Waals surface area contributed by atoms with E-state index in [9.17, 15) is 0 Å². The van der Waals surface area contributed by atoms with Crippen molar-refractivity contribution in [1.82, 2.24) is 0 Å². The van der Waals surface area contributed by atoms with E-state index in [4.69, 9.17) is 5.73 Å². The van der Waals surface area contributed by atoms with Crippen molar-refractivity contribution in [3.63, 3.8) is 0 Å². The summed E-state index contributed by atoms with van der Waals surface area (Å²) in [5.41, 5.74) is 5.53. The van der Waals surface area contributed by atoms with Gasteiger partial charge in [0.2, 0.25) is 0 Å². The molecule has 0 saturated heterocycles. The van der Waals surface area contributed by atoms with Crippen LogP contribution in [-0.2, 0) is 0 Å². The van der Waals surface area contributed by atoms with Crippen LogP contribution < -0.4 is 5.73 Å². The highest BCUT2D eigenvalue weighted by atomic mass is 14.5. The number of nitrogens with two attached hydrogens (primary N) is 1. The maximum atomic E-state index is 5.53. The average molecular weight is 166 g/mol. The minimum atomic E-state index is 0.769. The lowest BCUT2D eigenvalue weighted by Gasteiger charge is -2.12. The first-order valence-electron chi connectivity index (χ1n) is 5.47. The summed E-state index contributed by atoms with van der Waals surface area (Å²) in [6.45, 7) is 0. The summed E-state index contributed by atoms with van der Waals surface area (Å²) >= 11 is 0. The molecule has 0 aliphatic heterocycles. The molecular weight excluding hydrogens is 145 g/mol. The van der Waals surface area contributed by atoms with E-state index in [0.29, 0.717) is 0 Å². The quantitative estimate of drug-likeness (QED) is 0.626. The van der Waals surface area contributed by atoms with E-state index in [1.165, 1.54) is 51.4 Å². The lowest BCUT2D eigenvalue weighted by atomic mass is 9.61. The van der Waals surface area contributed by atoms with E-state index in [1.54, 1.807) is 0 Å². The zero-order chi connectivity index (χ0) is 8.65. The van der Waals surface area contributed by atoms with E-state index in [2.05, 4.69) is 7.28 Å². The van der Waals surface area contributed by atoms with Crippen molar-refractivity contribution in [3.05, 3.63) is 0 Å². The molecule has 69 valence electrons. The standard InChI is InChI=1S/C10H21BN/c12-9-11-10-7-5-3-1-2-4-6-8-10/h10H,1-9,12H2. The van der Waals surface area contributed by atoms with Gasteiger partial charge < -0.3 is 5.73 Å². The summed E-state index contributed by atoms with van der Waals surface area (Å²) in [5, 5.41) is 0. The van der Waals surface area contributed by atoms with Crippen LogP contribution in [0.5, 0.6) is 0 Å². The van der Waals surface area contributed by atoms with Crippen molar-refractivity contribution in [2.75, 3.05) is 6.44 Å². The number of hydrogen-bond acceptors (Lipinski definition) is 1. The topological polar surface area (TPSA) is 26.0 Å². The Kier molecular flexibility index (Phi) is 5.50. The van der Waals surface area contributed by atoms with E-state index in [1.807, 2.05) is 0 Å². The lowest BCUT2D eigenvalue weighted by Crippen LogP contribution is -2.15. The van der Waals surface area contributed by atoms with Gasteiger partial charge in [-0.05, 0) is 6.44 Å². The van der Waals surface area contributed by atoms with Crippen LogP contribution in [0.15, 0.2) is 0 Å². The van der Waals surface area contributed by atoms with Crippen LogP contribution in [0.2, 0.25) is 5.82 Å². The summed E-state index contributed by atoms with van der Waals surface area (Å²) in [6.07, 6.45) is 12.2. The summed E-state index contributed by atoms with van der Waals surface area (Å²) in [5.74, 6) is 0.827. The van der Waals surface area contributed by atoms with Crippen LogP contribution in [0.1, 0.15) is 51.4 Å². The zero-order valence-corrected chi connectivity index (χ0v) is 8.10. The smallest absolute Gasteiger partial charge is 0.132 e. The maximum absolute atomic E-state index is 5.53. The van der Waals surface area contributed by atoms with Gasteiger partial charge in [-0.25, -0.2) is 0 Å². The van der Waals surface area contributed by atoms with Crippen molar-refractivity contribution >= 4 is 7.28 Å². The fourth-order valence-electron chi connectivity index (χ4n) is 2.09. The van der Waals surface area contributed by atoms with Gasteiger partial charge in [0, 0.05) is 0 Å². The van der Waals surface area contributed by atoms with Crippen molar-refractivity contribution in [3.8, 4) is 0 Å². The van der Waals surface area contributed by atoms with Gasteiger partial charge in [-0.3, -0.25) is 0 Å². The molecule has 0 aromatic rings. The van der Waals surface area contributed by atoms with Crippen LogP contribution in [0.3, 0.4) is 0 Å². The van der Waals surface area contributed by atoms with Gasteiger partial charge in [-0.2, -0.15) is 0 Å². The molecule has 0 heterocycles. The molecule has 0 aromatic carbocycles. The zero-order valence-electron chi connectivity index (χ0n) is 8.10. The second-order valence-corrected chi connectivity index (χ2v) is 3.93. The third kappa shape index (κ3) is 4.15. The fourth-order valence-corrected chi connectivity index (χ4v) is 2.09. The molecule has 0 unspecified atom stereocenters. The molecule has 2 heteroatoms. The van der Waals surface area contributed by atoms with Gasteiger partial charge in [-0.15, -0.1) is 0 Å². The van der Waals surface area contributed by atoms with Gasteiger partial charge in [0.05, 0.1) is 0 Å². The minimum Gasteiger partial charge on any atom is -0.338 e. The summed E-state index contributed by atoms with van der Waals surface area (Å²) < 4.78 is 0. The summed E-state index contributed by atoms with van der Waals surface area (Å²) in [4.78, 5) is 0. The Morgan fingerprint density at radius 3 is 1.92 bits per heavy atom. The Hall–Kier alpha value is 0.0249. The predicted molar refractivity (Wildman–Crippen MR) is 55.5 cm³/mol. The van der Waals surface area contributed by atoms with Gasteiger partial charge in [-0.1, -0.05) is 57.2 Å². The van der Waals surface area contributed by atoms with E-state index < -0.39 is 0 Å². The third-order valence-corrected chi connectivity index (χ3v) is 2.87. The average Bonchev–Trinajstić information content (AvgIpc) is 2.19. The molecule has 1 aliphatic rings. The van der Waals surface area contributed by atoms with Gasteiger partial charge >= 0.3 is 0 Å². The van der Waals surface area contributed by atoms with Gasteiger partial charge in [0.1, 0.15) is 7.28 Å². The molecular formula is C10H21BN. The predicted octanol–water partition coefficient (Wildman–Crippen LogP) is 2.53. The second kappa shape index (κ2) is 6.53. The molecule has 0 aromatic heterocycles. The first-order valence-corrected chi connectivity index (χ1v) is 5.47. The Labute approximate surface area is 77.3 Å². The molecule has 1 saturated carbocycles. The molecule has 0 amide bonds. The molecule has 12 heavy (non-hydrogen) atoms. The van der Waals surface area contributed by atoms with Crippen LogP contribution in [0.4, 0.5) is 0 Å². The SMILES string of the molecule is NC[B]C1CCCCCCCC1.